The first-order chi connectivity index (χ1) is 9.81. The minimum atomic E-state index is -4.55. The van der Waals surface area contributed by atoms with E-state index in [4.69, 9.17) is 22.6 Å². The zero-order chi connectivity index (χ0) is 15.6. The summed E-state index contributed by atoms with van der Waals surface area (Å²) < 4.78 is 38.4. The Bertz CT molecular complexity index is 720. The largest absolute Gasteiger partial charge is 0.418 e. The van der Waals surface area contributed by atoms with Crippen LogP contribution in [0.5, 0.6) is 0 Å². The molecule has 7 heteroatoms. The number of anilines is 3. The SMILES string of the molecule is N#Cc1ccc(Cl)cc1Nc1ccc(N)c(C(F)(F)F)c1. The van der Waals surface area contributed by atoms with Gasteiger partial charge in [0.15, 0.2) is 0 Å². The topological polar surface area (TPSA) is 61.8 Å². The van der Waals surface area contributed by atoms with Gasteiger partial charge in [0, 0.05) is 16.4 Å². The number of hydrogen-bond acceptors (Lipinski definition) is 3. The number of nitrogens with two attached hydrogens (primary N) is 1. The highest BCUT2D eigenvalue weighted by molar-refractivity contribution is 6.30. The average Bonchev–Trinajstić information content (AvgIpc) is 2.40. The molecule has 3 N–H and O–H groups in total. The second-order valence-corrected chi connectivity index (χ2v) is 4.66. The van der Waals surface area contributed by atoms with E-state index in [0.717, 1.165) is 12.1 Å². The zero-order valence-corrected chi connectivity index (χ0v) is 11.3. The molecular weight excluding hydrogens is 303 g/mol. The van der Waals surface area contributed by atoms with Gasteiger partial charge in [0.25, 0.3) is 0 Å². The van der Waals surface area contributed by atoms with Crippen LogP contribution in [-0.4, -0.2) is 0 Å². The van der Waals surface area contributed by atoms with Crippen molar-refractivity contribution < 1.29 is 13.2 Å². The first-order valence-corrected chi connectivity index (χ1v) is 6.12. The summed E-state index contributed by atoms with van der Waals surface area (Å²) in [5, 5.41) is 12.1. The molecule has 2 aromatic rings. The van der Waals surface area contributed by atoms with Crippen LogP contribution in [0, 0.1) is 11.3 Å². The molecule has 21 heavy (non-hydrogen) atoms. The molecule has 0 unspecified atom stereocenters. The molecule has 0 saturated carbocycles. The predicted octanol–water partition coefficient (Wildman–Crippen LogP) is 4.56. The van der Waals surface area contributed by atoms with Gasteiger partial charge in [0.2, 0.25) is 0 Å². The number of nitrogens with zero attached hydrogens (tertiary/aromatic N) is 1. The molecule has 0 fully saturated rings. The number of halogens is 4. The Morgan fingerprint density at radius 2 is 1.86 bits per heavy atom. The molecule has 2 rings (SSSR count). The molecular formula is C14H9ClF3N3. The third-order valence-electron chi connectivity index (χ3n) is 2.74. The molecule has 0 bridgehead atoms. The van der Waals surface area contributed by atoms with Crippen molar-refractivity contribution in [2.45, 2.75) is 6.18 Å². The second kappa shape index (κ2) is 5.54. The maximum absolute atomic E-state index is 12.8. The summed E-state index contributed by atoms with van der Waals surface area (Å²) in [5.41, 5.74) is 4.78. The second-order valence-electron chi connectivity index (χ2n) is 4.23. The molecule has 0 radical (unpaired) electrons. The third kappa shape index (κ3) is 3.38. The van der Waals surface area contributed by atoms with Gasteiger partial charge < -0.3 is 11.1 Å². The van der Waals surface area contributed by atoms with E-state index in [1.54, 1.807) is 0 Å². The molecule has 0 saturated heterocycles. The number of alkyl halides is 3. The van der Waals surface area contributed by atoms with Crippen molar-refractivity contribution in [2.75, 3.05) is 11.1 Å². The normalized spacial score (nSPS) is 11.0. The highest BCUT2D eigenvalue weighted by atomic mass is 35.5. The van der Waals surface area contributed by atoms with E-state index in [0.29, 0.717) is 10.7 Å². The van der Waals surface area contributed by atoms with Crippen LogP contribution in [-0.2, 0) is 6.18 Å². The van der Waals surface area contributed by atoms with Crippen LogP contribution in [0.25, 0.3) is 0 Å². The van der Waals surface area contributed by atoms with Gasteiger partial charge in [-0.2, -0.15) is 18.4 Å². The summed E-state index contributed by atoms with van der Waals surface area (Å²) in [5.74, 6) is 0. The van der Waals surface area contributed by atoms with Crippen molar-refractivity contribution in [3.8, 4) is 6.07 Å². The Kier molecular flexibility index (Phi) is 3.96. The zero-order valence-electron chi connectivity index (χ0n) is 10.5. The maximum Gasteiger partial charge on any atom is 0.418 e. The van der Waals surface area contributed by atoms with E-state index in [9.17, 15) is 13.2 Å². The lowest BCUT2D eigenvalue weighted by Crippen LogP contribution is -2.09. The van der Waals surface area contributed by atoms with Crippen LogP contribution in [0.1, 0.15) is 11.1 Å². The number of nitrogens with one attached hydrogen (secondary N) is 1. The van der Waals surface area contributed by atoms with Gasteiger partial charge >= 0.3 is 6.18 Å². The summed E-state index contributed by atoms with van der Waals surface area (Å²) in [4.78, 5) is 0. The van der Waals surface area contributed by atoms with Crippen molar-refractivity contribution in [1.29, 1.82) is 5.26 Å². The molecule has 0 amide bonds. The number of nitriles is 1. The van der Waals surface area contributed by atoms with E-state index in [1.165, 1.54) is 24.3 Å². The molecule has 0 aliphatic heterocycles. The number of hydrogen-bond donors (Lipinski definition) is 2. The van der Waals surface area contributed by atoms with E-state index >= 15 is 0 Å². The molecule has 0 aromatic heterocycles. The van der Waals surface area contributed by atoms with Crippen LogP contribution in [0.3, 0.4) is 0 Å². The van der Waals surface area contributed by atoms with Crippen molar-refractivity contribution in [1.82, 2.24) is 0 Å². The van der Waals surface area contributed by atoms with Gasteiger partial charge in [-0.15, -0.1) is 0 Å². The van der Waals surface area contributed by atoms with E-state index in [1.807, 2.05) is 6.07 Å². The van der Waals surface area contributed by atoms with Crippen molar-refractivity contribution >= 4 is 28.7 Å². The quantitative estimate of drug-likeness (QED) is 0.799. The summed E-state index contributed by atoms with van der Waals surface area (Å²) >= 11 is 5.82. The fourth-order valence-electron chi connectivity index (χ4n) is 1.75. The van der Waals surface area contributed by atoms with Crippen LogP contribution in [0.15, 0.2) is 36.4 Å². The van der Waals surface area contributed by atoms with Crippen LogP contribution < -0.4 is 11.1 Å². The first-order valence-electron chi connectivity index (χ1n) is 5.74. The highest BCUT2D eigenvalue weighted by Gasteiger charge is 2.33. The molecule has 0 aliphatic rings. The summed E-state index contributed by atoms with van der Waals surface area (Å²) in [6.07, 6.45) is -4.55. The summed E-state index contributed by atoms with van der Waals surface area (Å²) in [7, 11) is 0. The lowest BCUT2D eigenvalue weighted by Gasteiger charge is -2.14. The monoisotopic (exact) mass is 311 g/mol. The van der Waals surface area contributed by atoms with Gasteiger partial charge in [-0.1, -0.05) is 11.6 Å². The Labute approximate surface area is 123 Å². The lowest BCUT2D eigenvalue weighted by molar-refractivity contribution is -0.136. The van der Waals surface area contributed by atoms with Crippen molar-refractivity contribution in [3.63, 3.8) is 0 Å². The minimum absolute atomic E-state index is 0.162. The van der Waals surface area contributed by atoms with Crippen LogP contribution in [0.2, 0.25) is 5.02 Å². The maximum atomic E-state index is 12.8. The average molecular weight is 312 g/mol. The minimum Gasteiger partial charge on any atom is -0.398 e. The molecule has 0 aliphatic carbocycles. The smallest absolute Gasteiger partial charge is 0.398 e. The molecule has 3 nitrogen and oxygen atoms in total. The predicted molar refractivity (Wildman–Crippen MR) is 75.3 cm³/mol. The van der Waals surface area contributed by atoms with Crippen LogP contribution in [0.4, 0.5) is 30.2 Å². The number of rotatable bonds is 2. The molecule has 0 heterocycles. The first kappa shape index (κ1) is 15.0. The molecule has 0 atom stereocenters. The van der Waals surface area contributed by atoms with Crippen molar-refractivity contribution in [2.24, 2.45) is 0 Å². The third-order valence-corrected chi connectivity index (χ3v) is 2.97. The molecule has 0 spiro atoms. The number of benzene rings is 2. The summed E-state index contributed by atoms with van der Waals surface area (Å²) in [6, 6.07) is 9.83. The van der Waals surface area contributed by atoms with E-state index in [-0.39, 0.29) is 16.9 Å². The Hall–Kier alpha value is -2.39. The highest BCUT2D eigenvalue weighted by Crippen LogP contribution is 2.36. The fraction of sp³-hybridized carbons (Fsp3) is 0.0714. The number of nitrogen functional groups attached to an aromatic ring is 1. The summed E-state index contributed by atoms with van der Waals surface area (Å²) in [6.45, 7) is 0. The Morgan fingerprint density at radius 3 is 2.48 bits per heavy atom. The van der Waals surface area contributed by atoms with Gasteiger partial charge in [-0.25, -0.2) is 0 Å². The lowest BCUT2D eigenvalue weighted by atomic mass is 10.1. The molecule has 2 aromatic carbocycles. The standard InChI is InChI=1S/C14H9ClF3N3/c15-9-2-1-8(7-19)13(5-9)21-10-3-4-12(20)11(6-10)14(16,17)18/h1-6,21H,20H2. The van der Waals surface area contributed by atoms with E-state index in [2.05, 4.69) is 5.32 Å². The Balaban J connectivity index is 2.42. The van der Waals surface area contributed by atoms with Crippen LogP contribution >= 0.6 is 11.6 Å². The van der Waals surface area contributed by atoms with E-state index < -0.39 is 11.7 Å². The Morgan fingerprint density at radius 1 is 1.14 bits per heavy atom. The molecule has 108 valence electrons. The van der Waals surface area contributed by atoms with Crippen molar-refractivity contribution in [3.05, 3.63) is 52.5 Å². The van der Waals surface area contributed by atoms with Gasteiger partial charge in [0.05, 0.1) is 16.8 Å². The van der Waals surface area contributed by atoms with Gasteiger partial charge in [-0.05, 0) is 36.4 Å². The fourth-order valence-corrected chi connectivity index (χ4v) is 1.92. The van der Waals surface area contributed by atoms with Gasteiger partial charge in [-0.3, -0.25) is 0 Å². The van der Waals surface area contributed by atoms with Gasteiger partial charge in [0.1, 0.15) is 6.07 Å².